The Hall–Kier alpha value is -1.97. The third-order valence-corrected chi connectivity index (χ3v) is 3.50. The fourth-order valence-electron chi connectivity index (χ4n) is 2.30. The van der Waals surface area contributed by atoms with Crippen LogP contribution in [-0.2, 0) is 11.2 Å². The molecule has 0 saturated carbocycles. The highest BCUT2D eigenvalue weighted by Gasteiger charge is 2.23. The van der Waals surface area contributed by atoms with Crippen LogP contribution in [0.15, 0.2) is 24.3 Å². The summed E-state index contributed by atoms with van der Waals surface area (Å²) in [7, 11) is 0. The number of benzene rings is 1. The van der Waals surface area contributed by atoms with Crippen molar-refractivity contribution in [1.29, 1.82) is 5.26 Å². The van der Waals surface area contributed by atoms with E-state index in [-0.39, 0.29) is 24.3 Å². The molecule has 21 heavy (non-hydrogen) atoms. The van der Waals surface area contributed by atoms with Crippen LogP contribution in [0, 0.1) is 17.1 Å². The van der Waals surface area contributed by atoms with Crippen LogP contribution in [0.25, 0.3) is 0 Å². The van der Waals surface area contributed by atoms with Gasteiger partial charge in [0.05, 0.1) is 12.6 Å². The number of carbonyl (C=O) groups is 1. The molecular weight excluding hydrogens is 271 g/mol. The lowest BCUT2D eigenvalue weighted by Gasteiger charge is -2.31. The maximum atomic E-state index is 12.8. The lowest BCUT2D eigenvalue weighted by atomic mass is 10.1. The molecule has 112 valence electrons. The van der Waals surface area contributed by atoms with Crippen molar-refractivity contribution < 1.29 is 9.18 Å². The quantitative estimate of drug-likeness (QED) is 0.817. The highest BCUT2D eigenvalue weighted by atomic mass is 19.1. The molecule has 2 rings (SSSR count). The van der Waals surface area contributed by atoms with Gasteiger partial charge in [0.15, 0.2) is 0 Å². The Kier molecular flexibility index (Phi) is 5.67. The van der Waals surface area contributed by atoms with Crippen molar-refractivity contribution in [2.24, 2.45) is 0 Å². The lowest BCUT2D eigenvalue weighted by Crippen LogP contribution is -2.53. The van der Waals surface area contributed by atoms with Crippen LogP contribution in [0.2, 0.25) is 0 Å². The summed E-state index contributed by atoms with van der Waals surface area (Å²) in [6.45, 7) is 2.83. The number of nitrogens with zero attached hydrogens (tertiary/aromatic N) is 2. The SMILES string of the molecule is N#CC1CNCCN1CC(=O)NCCc1ccc(F)cc1. The van der Waals surface area contributed by atoms with Gasteiger partial charge in [0.1, 0.15) is 11.9 Å². The molecule has 0 aliphatic carbocycles. The van der Waals surface area contributed by atoms with Crippen LogP contribution in [0.4, 0.5) is 4.39 Å². The Morgan fingerprint density at radius 2 is 2.24 bits per heavy atom. The summed E-state index contributed by atoms with van der Waals surface area (Å²) in [6, 6.07) is 8.19. The third kappa shape index (κ3) is 4.81. The van der Waals surface area contributed by atoms with Crippen molar-refractivity contribution in [3.8, 4) is 6.07 Å². The standard InChI is InChI=1S/C15H19FN4O/c16-13-3-1-12(2-4-13)5-6-19-15(21)11-20-8-7-18-10-14(20)9-17/h1-4,14,18H,5-8,10-11H2,(H,19,21). The van der Waals surface area contributed by atoms with Crippen LogP contribution in [0.1, 0.15) is 5.56 Å². The predicted molar refractivity (Wildman–Crippen MR) is 77.0 cm³/mol. The van der Waals surface area contributed by atoms with Crippen molar-refractivity contribution in [1.82, 2.24) is 15.5 Å². The Balaban J connectivity index is 1.72. The van der Waals surface area contributed by atoms with E-state index in [1.807, 2.05) is 4.90 Å². The maximum absolute atomic E-state index is 12.8. The largest absolute Gasteiger partial charge is 0.355 e. The topological polar surface area (TPSA) is 68.2 Å². The zero-order valence-corrected chi connectivity index (χ0v) is 11.8. The number of rotatable bonds is 5. The summed E-state index contributed by atoms with van der Waals surface area (Å²) in [6.07, 6.45) is 0.662. The van der Waals surface area contributed by atoms with Crippen molar-refractivity contribution in [3.05, 3.63) is 35.6 Å². The van der Waals surface area contributed by atoms with Crippen LogP contribution >= 0.6 is 0 Å². The fourth-order valence-corrected chi connectivity index (χ4v) is 2.30. The molecule has 0 radical (unpaired) electrons. The number of hydrogen-bond donors (Lipinski definition) is 2. The lowest BCUT2D eigenvalue weighted by molar-refractivity contribution is -0.122. The molecule has 6 heteroatoms. The van der Waals surface area contributed by atoms with Gasteiger partial charge in [-0.2, -0.15) is 5.26 Å². The molecule has 0 bridgehead atoms. The minimum atomic E-state index is -0.260. The third-order valence-electron chi connectivity index (χ3n) is 3.50. The second-order valence-corrected chi connectivity index (χ2v) is 5.05. The van der Waals surface area contributed by atoms with Crippen LogP contribution in [0.3, 0.4) is 0 Å². The molecule has 1 aliphatic heterocycles. The first-order chi connectivity index (χ1) is 10.2. The van der Waals surface area contributed by atoms with Gasteiger partial charge in [0, 0.05) is 26.2 Å². The van der Waals surface area contributed by atoms with Gasteiger partial charge in [0.25, 0.3) is 0 Å². The monoisotopic (exact) mass is 290 g/mol. The van der Waals surface area contributed by atoms with E-state index in [0.717, 1.165) is 12.1 Å². The van der Waals surface area contributed by atoms with Crippen molar-refractivity contribution in [2.75, 3.05) is 32.7 Å². The van der Waals surface area contributed by atoms with Gasteiger partial charge in [-0.05, 0) is 24.1 Å². The predicted octanol–water partition coefficient (Wildman–Crippen LogP) is 0.282. The van der Waals surface area contributed by atoms with Crippen molar-refractivity contribution in [2.45, 2.75) is 12.5 Å². The van der Waals surface area contributed by atoms with E-state index < -0.39 is 0 Å². The van der Waals surface area contributed by atoms with Gasteiger partial charge in [-0.1, -0.05) is 12.1 Å². The average molecular weight is 290 g/mol. The highest BCUT2D eigenvalue weighted by molar-refractivity contribution is 5.78. The van der Waals surface area contributed by atoms with E-state index in [1.54, 1.807) is 12.1 Å². The molecule has 1 aliphatic rings. The van der Waals surface area contributed by atoms with Crippen molar-refractivity contribution >= 4 is 5.91 Å². The smallest absolute Gasteiger partial charge is 0.234 e. The number of nitriles is 1. The highest BCUT2D eigenvalue weighted by Crippen LogP contribution is 2.03. The molecule has 5 nitrogen and oxygen atoms in total. The summed E-state index contributed by atoms with van der Waals surface area (Å²) >= 11 is 0. The molecule has 0 spiro atoms. The van der Waals surface area contributed by atoms with Crippen molar-refractivity contribution in [3.63, 3.8) is 0 Å². The van der Waals surface area contributed by atoms with Crippen LogP contribution in [0.5, 0.6) is 0 Å². The number of halogens is 1. The number of piperazine rings is 1. The summed E-state index contributed by atoms with van der Waals surface area (Å²) in [5.41, 5.74) is 0.980. The molecule has 2 N–H and O–H groups in total. The maximum Gasteiger partial charge on any atom is 0.234 e. The van der Waals surface area contributed by atoms with E-state index in [4.69, 9.17) is 5.26 Å². The first kappa shape index (κ1) is 15.4. The van der Waals surface area contributed by atoms with Gasteiger partial charge >= 0.3 is 0 Å². The normalized spacial score (nSPS) is 19.0. The summed E-state index contributed by atoms with van der Waals surface area (Å²) in [5.74, 6) is -0.344. The molecule has 0 aromatic heterocycles. The molecule has 1 atom stereocenters. The number of nitrogens with one attached hydrogen (secondary N) is 2. The molecule has 1 saturated heterocycles. The summed E-state index contributed by atoms with van der Waals surface area (Å²) in [5, 5.41) is 15.0. The Morgan fingerprint density at radius 3 is 2.95 bits per heavy atom. The minimum Gasteiger partial charge on any atom is -0.355 e. The molecular formula is C15H19FN4O. The Bertz CT molecular complexity index is 511. The fraction of sp³-hybridized carbons (Fsp3) is 0.467. The van der Waals surface area contributed by atoms with Gasteiger partial charge < -0.3 is 10.6 Å². The van der Waals surface area contributed by atoms with E-state index in [0.29, 0.717) is 26.1 Å². The van der Waals surface area contributed by atoms with Gasteiger partial charge in [-0.3, -0.25) is 9.69 Å². The molecule has 1 amide bonds. The minimum absolute atomic E-state index is 0.0840. The van der Waals surface area contributed by atoms with E-state index in [9.17, 15) is 9.18 Å². The summed E-state index contributed by atoms with van der Waals surface area (Å²) in [4.78, 5) is 13.8. The second kappa shape index (κ2) is 7.72. The Labute approximate surface area is 123 Å². The van der Waals surface area contributed by atoms with Crippen LogP contribution < -0.4 is 10.6 Å². The average Bonchev–Trinajstić information content (AvgIpc) is 2.50. The van der Waals surface area contributed by atoms with E-state index >= 15 is 0 Å². The van der Waals surface area contributed by atoms with E-state index in [1.165, 1.54) is 12.1 Å². The molecule has 1 aromatic rings. The summed E-state index contributed by atoms with van der Waals surface area (Å²) < 4.78 is 12.8. The zero-order chi connectivity index (χ0) is 15.1. The second-order valence-electron chi connectivity index (χ2n) is 5.05. The number of hydrogen-bond acceptors (Lipinski definition) is 4. The first-order valence-corrected chi connectivity index (χ1v) is 7.04. The Morgan fingerprint density at radius 1 is 1.48 bits per heavy atom. The van der Waals surface area contributed by atoms with E-state index in [2.05, 4.69) is 16.7 Å². The number of carbonyl (C=O) groups excluding carboxylic acids is 1. The zero-order valence-electron chi connectivity index (χ0n) is 11.8. The molecule has 1 heterocycles. The van der Waals surface area contributed by atoms with Gasteiger partial charge in [-0.15, -0.1) is 0 Å². The first-order valence-electron chi connectivity index (χ1n) is 7.04. The molecule has 1 fully saturated rings. The number of amides is 1. The molecule has 1 aromatic carbocycles. The van der Waals surface area contributed by atoms with Crippen LogP contribution in [-0.4, -0.2) is 49.6 Å². The van der Waals surface area contributed by atoms with Gasteiger partial charge in [-0.25, -0.2) is 4.39 Å². The molecule has 1 unspecified atom stereocenters. The van der Waals surface area contributed by atoms with Gasteiger partial charge in [0.2, 0.25) is 5.91 Å².